The van der Waals surface area contributed by atoms with Gasteiger partial charge in [-0.15, -0.1) is 0 Å². The normalized spacial score (nSPS) is 17.2. The van der Waals surface area contributed by atoms with E-state index in [1.54, 1.807) is 0 Å². The molecule has 0 spiro atoms. The molecule has 1 aromatic carbocycles. The highest BCUT2D eigenvalue weighted by Gasteiger charge is 2.38. The fraction of sp³-hybridized carbons (Fsp3) is 0.588. The van der Waals surface area contributed by atoms with Crippen molar-refractivity contribution in [1.29, 1.82) is 0 Å². The lowest BCUT2D eigenvalue weighted by atomic mass is 9.74. The Morgan fingerprint density at radius 2 is 1.90 bits per heavy atom. The molecule has 1 aromatic rings. The van der Waals surface area contributed by atoms with E-state index in [1.165, 1.54) is 0 Å². The molecule has 4 nitrogen and oxygen atoms in total. The van der Waals surface area contributed by atoms with E-state index >= 15 is 0 Å². The number of carbonyl (C=O) groups is 1. The van der Waals surface area contributed by atoms with Crippen molar-refractivity contribution in [1.82, 2.24) is 5.32 Å². The van der Waals surface area contributed by atoms with Crippen LogP contribution in [0, 0.1) is 5.41 Å². The molecule has 1 saturated heterocycles. The molecule has 0 aromatic heterocycles. The van der Waals surface area contributed by atoms with E-state index in [1.807, 2.05) is 31.2 Å². The second-order valence-corrected chi connectivity index (χ2v) is 5.69. The number of anilines is 1. The Bertz CT molecular complexity index is 445. The number of rotatable bonds is 6. The highest BCUT2D eigenvalue weighted by atomic mass is 16.5. The molecule has 21 heavy (non-hydrogen) atoms. The van der Waals surface area contributed by atoms with E-state index in [0.717, 1.165) is 50.2 Å². The first-order valence-electron chi connectivity index (χ1n) is 7.95. The van der Waals surface area contributed by atoms with Crippen LogP contribution in [-0.4, -0.2) is 25.6 Å². The molecule has 4 heteroatoms. The van der Waals surface area contributed by atoms with Gasteiger partial charge in [-0.2, -0.15) is 0 Å². The molecule has 116 valence electrons. The molecule has 1 aliphatic heterocycles. The van der Waals surface area contributed by atoms with Crippen molar-refractivity contribution >= 4 is 11.6 Å². The SMILES string of the molecule is CCCC1(C(=O)Nc2ccc(OCC)cc2)CCNCC1. The third-order valence-corrected chi connectivity index (χ3v) is 4.19. The van der Waals surface area contributed by atoms with E-state index < -0.39 is 0 Å². The smallest absolute Gasteiger partial charge is 0.230 e. The Labute approximate surface area is 127 Å². The Kier molecular flexibility index (Phi) is 5.62. The summed E-state index contributed by atoms with van der Waals surface area (Å²) < 4.78 is 5.42. The van der Waals surface area contributed by atoms with Gasteiger partial charge in [0.1, 0.15) is 5.75 Å². The summed E-state index contributed by atoms with van der Waals surface area (Å²) in [4.78, 5) is 12.7. The average molecular weight is 290 g/mol. The van der Waals surface area contributed by atoms with Gasteiger partial charge in [0.25, 0.3) is 0 Å². The molecule has 1 fully saturated rings. The van der Waals surface area contributed by atoms with Crippen LogP contribution >= 0.6 is 0 Å². The van der Waals surface area contributed by atoms with Crippen molar-refractivity contribution in [3.8, 4) is 5.75 Å². The Hall–Kier alpha value is -1.55. The quantitative estimate of drug-likeness (QED) is 0.846. The lowest BCUT2D eigenvalue weighted by molar-refractivity contribution is -0.127. The molecular formula is C17H26N2O2. The number of nitrogens with one attached hydrogen (secondary N) is 2. The summed E-state index contributed by atoms with van der Waals surface area (Å²) in [6, 6.07) is 7.61. The van der Waals surface area contributed by atoms with Gasteiger partial charge in [-0.05, 0) is 63.5 Å². The largest absolute Gasteiger partial charge is 0.494 e. The van der Waals surface area contributed by atoms with Gasteiger partial charge < -0.3 is 15.4 Å². The molecule has 0 aliphatic carbocycles. The van der Waals surface area contributed by atoms with Gasteiger partial charge in [-0.3, -0.25) is 4.79 Å². The van der Waals surface area contributed by atoms with Crippen LogP contribution in [0.5, 0.6) is 5.75 Å². The number of amides is 1. The Morgan fingerprint density at radius 3 is 2.48 bits per heavy atom. The third-order valence-electron chi connectivity index (χ3n) is 4.19. The zero-order valence-electron chi connectivity index (χ0n) is 13.1. The topological polar surface area (TPSA) is 50.4 Å². The summed E-state index contributed by atoms with van der Waals surface area (Å²) in [5.41, 5.74) is 0.635. The summed E-state index contributed by atoms with van der Waals surface area (Å²) >= 11 is 0. The Morgan fingerprint density at radius 1 is 1.24 bits per heavy atom. The summed E-state index contributed by atoms with van der Waals surface area (Å²) in [7, 11) is 0. The number of carbonyl (C=O) groups excluding carboxylic acids is 1. The van der Waals surface area contributed by atoms with Crippen LogP contribution in [0.25, 0.3) is 0 Å². The van der Waals surface area contributed by atoms with Gasteiger partial charge in [0.05, 0.1) is 12.0 Å². The van der Waals surface area contributed by atoms with Gasteiger partial charge in [-0.25, -0.2) is 0 Å². The molecular weight excluding hydrogens is 264 g/mol. The summed E-state index contributed by atoms with van der Waals surface area (Å²) in [5, 5.41) is 6.43. The maximum absolute atomic E-state index is 12.7. The minimum absolute atomic E-state index is 0.162. The fourth-order valence-electron chi connectivity index (χ4n) is 3.04. The van der Waals surface area contributed by atoms with Crippen LogP contribution in [-0.2, 0) is 4.79 Å². The minimum Gasteiger partial charge on any atom is -0.494 e. The van der Waals surface area contributed by atoms with Crippen LogP contribution < -0.4 is 15.4 Å². The molecule has 2 N–H and O–H groups in total. The second-order valence-electron chi connectivity index (χ2n) is 5.69. The first kappa shape index (κ1) is 15.8. The molecule has 0 atom stereocenters. The highest BCUT2D eigenvalue weighted by molar-refractivity contribution is 5.95. The van der Waals surface area contributed by atoms with Crippen LogP contribution in [0.3, 0.4) is 0 Å². The van der Waals surface area contributed by atoms with Crippen LogP contribution in [0.2, 0.25) is 0 Å². The standard InChI is InChI=1S/C17H26N2O2/c1-3-9-17(10-12-18-13-11-17)16(20)19-14-5-7-15(8-6-14)21-4-2/h5-8,18H,3-4,9-13H2,1-2H3,(H,19,20). The first-order valence-corrected chi connectivity index (χ1v) is 7.95. The third kappa shape index (κ3) is 3.97. The van der Waals surface area contributed by atoms with Crippen LogP contribution in [0.15, 0.2) is 24.3 Å². The Balaban J connectivity index is 2.04. The van der Waals surface area contributed by atoms with E-state index in [4.69, 9.17) is 4.74 Å². The number of hydrogen-bond donors (Lipinski definition) is 2. The molecule has 0 radical (unpaired) electrons. The van der Waals surface area contributed by atoms with E-state index in [-0.39, 0.29) is 11.3 Å². The maximum atomic E-state index is 12.7. The van der Waals surface area contributed by atoms with Gasteiger partial charge in [-0.1, -0.05) is 13.3 Å². The van der Waals surface area contributed by atoms with Crippen molar-refractivity contribution in [2.24, 2.45) is 5.41 Å². The number of hydrogen-bond acceptors (Lipinski definition) is 3. The van der Waals surface area contributed by atoms with Gasteiger partial charge in [0.15, 0.2) is 0 Å². The molecule has 0 saturated carbocycles. The van der Waals surface area contributed by atoms with Crippen molar-refractivity contribution in [3.63, 3.8) is 0 Å². The predicted octanol–water partition coefficient (Wildman–Crippen LogP) is 3.19. The minimum atomic E-state index is -0.210. The molecule has 0 unspecified atom stereocenters. The summed E-state index contributed by atoms with van der Waals surface area (Å²) in [6.07, 6.45) is 3.83. The predicted molar refractivity (Wildman–Crippen MR) is 85.7 cm³/mol. The number of benzene rings is 1. The van der Waals surface area contributed by atoms with E-state index in [2.05, 4.69) is 17.6 Å². The molecule has 0 bridgehead atoms. The highest BCUT2D eigenvalue weighted by Crippen LogP contribution is 2.35. The van der Waals surface area contributed by atoms with Crippen molar-refractivity contribution in [2.75, 3.05) is 25.0 Å². The zero-order chi connectivity index (χ0) is 15.1. The van der Waals surface area contributed by atoms with Crippen molar-refractivity contribution in [3.05, 3.63) is 24.3 Å². The lowest BCUT2D eigenvalue weighted by Crippen LogP contribution is -2.44. The fourth-order valence-corrected chi connectivity index (χ4v) is 3.04. The number of piperidine rings is 1. The van der Waals surface area contributed by atoms with Gasteiger partial charge in [0.2, 0.25) is 5.91 Å². The maximum Gasteiger partial charge on any atom is 0.230 e. The van der Waals surface area contributed by atoms with E-state index in [0.29, 0.717) is 6.61 Å². The molecule has 2 rings (SSSR count). The number of ether oxygens (including phenoxy) is 1. The average Bonchev–Trinajstić information content (AvgIpc) is 2.51. The van der Waals surface area contributed by atoms with Crippen molar-refractivity contribution < 1.29 is 9.53 Å². The monoisotopic (exact) mass is 290 g/mol. The summed E-state index contributed by atoms with van der Waals surface area (Å²) in [6.45, 7) is 6.61. The van der Waals surface area contributed by atoms with Crippen molar-refractivity contribution in [2.45, 2.75) is 39.5 Å². The van der Waals surface area contributed by atoms with Crippen LogP contribution in [0.4, 0.5) is 5.69 Å². The molecule has 1 heterocycles. The molecule has 1 amide bonds. The first-order chi connectivity index (χ1) is 10.2. The molecule has 1 aliphatic rings. The van der Waals surface area contributed by atoms with Gasteiger partial charge in [0, 0.05) is 5.69 Å². The lowest BCUT2D eigenvalue weighted by Gasteiger charge is -2.36. The zero-order valence-corrected chi connectivity index (χ0v) is 13.1. The van der Waals surface area contributed by atoms with E-state index in [9.17, 15) is 4.79 Å². The van der Waals surface area contributed by atoms with Gasteiger partial charge >= 0.3 is 0 Å². The second kappa shape index (κ2) is 7.46. The van der Waals surface area contributed by atoms with Crippen LogP contribution in [0.1, 0.15) is 39.5 Å². The summed E-state index contributed by atoms with van der Waals surface area (Å²) in [5.74, 6) is 0.996.